The van der Waals surface area contributed by atoms with Gasteiger partial charge in [-0.25, -0.2) is 0 Å². The zero-order valence-electron chi connectivity index (χ0n) is 46.9. The van der Waals surface area contributed by atoms with Crippen molar-refractivity contribution in [2.75, 3.05) is 105 Å². The summed E-state index contributed by atoms with van der Waals surface area (Å²) in [7, 11) is 0. The Balaban J connectivity index is 0.983. The maximum absolute atomic E-state index is 12.6. The summed E-state index contributed by atoms with van der Waals surface area (Å²) < 4.78 is 0. The fourth-order valence-corrected chi connectivity index (χ4v) is 13.6. The summed E-state index contributed by atoms with van der Waals surface area (Å²) in [6, 6.07) is 34.1. The minimum absolute atomic E-state index is 0.104. The van der Waals surface area contributed by atoms with Crippen LogP contribution in [0.5, 0.6) is 0 Å². The maximum atomic E-state index is 12.6. The van der Waals surface area contributed by atoms with Crippen molar-refractivity contribution in [3.8, 4) is 0 Å². The van der Waals surface area contributed by atoms with Gasteiger partial charge in [0.15, 0.2) is 0 Å². The largest absolute Gasteiger partial charge is 0.481 e. The van der Waals surface area contributed by atoms with Crippen LogP contribution >= 0.6 is 0 Å². The van der Waals surface area contributed by atoms with Crippen molar-refractivity contribution in [2.24, 2.45) is 47.3 Å². The molecule has 0 amide bonds. The van der Waals surface area contributed by atoms with Crippen molar-refractivity contribution in [2.45, 2.75) is 77.5 Å². The first-order chi connectivity index (χ1) is 38.9. The molecule has 5 aliphatic rings. The first kappa shape index (κ1) is 59.1. The Bertz CT molecular complexity index is 2270. The van der Waals surface area contributed by atoms with Crippen molar-refractivity contribution < 1.29 is 39.6 Å². The Morgan fingerprint density at radius 1 is 0.350 bits per heavy atom. The third-order valence-electron chi connectivity index (χ3n) is 18.3. The number of nitrogens with one attached hydrogen (secondary N) is 4. The minimum Gasteiger partial charge on any atom is -0.481 e. The van der Waals surface area contributed by atoms with Crippen molar-refractivity contribution in [1.29, 1.82) is 0 Å². The van der Waals surface area contributed by atoms with E-state index in [1.807, 2.05) is 0 Å². The molecule has 8 N–H and O–H groups in total. The van der Waals surface area contributed by atoms with Gasteiger partial charge in [-0.1, -0.05) is 97.1 Å². The molecular weight excluding hydrogens is 1010 g/mol. The normalized spacial score (nSPS) is 23.7. The number of benzene rings is 4. The Morgan fingerprint density at radius 3 is 0.725 bits per heavy atom. The van der Waals surface area contributed by atoms with Gasteiger partial charge in [0, 0.05) is 78.5 Å². The third-order valence-corrected chi connectivity index (χ3v) is 18.3. The molecule has 0 saturated carbocycles. The standard InChI is InChI=1S/C64H88N8O8/c73-61(74)57(53-13-17-65-37-53)33-45-5-1-9-49(29-45)41-69-21-23-70(42-50-10-2-6-46(30-50)34-58(62(75)76)54-14-18-66-38-54)25-27-72(44-52-12-4-8-48(32-52)36-60(64(79)80)56-16-20-68-40-56)28-26-71(24-22-69)43-51-11-3-7-47(31-51)35-59(63(77)78)55-15-19-67-39-55/h1-12,29-32,53-60,65-68H,13-28,33-44H2,(H,73,74)(H,75,76)(H,77,78)(H,79,80). The summed E-state index contributed by atoms with van der Waals surface area (Å²) >= 11 is 0. The third kappa shape index (κ3) is 17.2. The van der Waals surface area contributed by atoms with Gasteiger partial charge < -0.3 is 41.7 Å². The van der Waals surface area contributed by atoms with E-state index in [4.69, 9.17) is 0 Å². The summed E-state index contributed by atoms with van der Waals surface area (Å²) in [6.07, 6.45) is 5.44. The Morgan fingerprint density at radius 2 is 0.550 bits per heavy atom. The SMILES string of the molecule is O=C(O)C(Cc1cccc(CN2CCN(Cc3cccc(CC(C(=O)O)C4CCNC4)c3)CCN(Cc3cccc(CC(C(=O)O)C4CCNC4)c3)CCN(Cc3cccc(CC(C(=O)O)C4CCNC4)c3)CC2)c1)C1CCNC1. The van der Waals surface area contributed by atoms with Crippen LogP contribution in [0, 0.1) is 47.3 Å². The predicted molar refractivity (Wildman–Crippen MR) is 310 cm³/mol. The van der Waals surface area contributed by atoms with Crippen LogP contribution in [0.15, 0.2) is 97.1 Å². The Labute approximate surface area is 473 Å². The molecule has 4 aromatic rings. The Hall–Kier alpha value is -5.56. The molecule has 16 heteroatoms. The van der Waals surface area contributed by atoms with E-state index in [-0.39, 0.29) is 23.7 Å². The molecule has 5 fully saturated rings. The van der Waals surface area contributed by atoms with E-state index in [2.05, 4.69) is 138 Å². The molecule has 4 aromatic carbocycles. The van der Waals surface area contributed by atoms with Crippen LogP contribution < -0.4 is 21.3 Å². The van der Waals surface area contributed by atoms with Crippen LogP contribution in [0.1, 0.15) is 70.2 Å². The fraction of sp³-hybridized carbons (Fsp3) is 0.562. The molecule has 432 valence electrons. The van der Waals surface area contributed by atoms with Gasteiger partial charge >= 0.3 is 23.9 Å². The topological polar surface area (TPSA) is 210 Å². The highest BCUT2D eigenvalue weighted by Crippen LogP contribution is 2.29. The summed E-state index contributed by atoms with van der Waals surface area (Å²) in [4.78, 5) is 60.5. The average molecular weight is 1100 g/mol. The van der Waals surface area contributed by atoms with E-state index in [0.29, 0.717) is 51.9 Å². The van der Waals surface area contributed by atoms with Crippen LogP contribution in [-0.4, -0.2) is 169 Å². The smallest absolute Gasteiger partial charge is 0.307 e. The number of hydrogen-bond donors (Lipinski definition) is 8. The van der Waals surface area contributed by atoms with Gasteiger partial charge in [-0.2, -0.15) is 0 Å². The molecule has 8 atom stereocenters. The van der Waals surface area contributed by atoms with E-state index in [1.165, 1.54) is 0 Å². The van der Waals surface area contributed by atoms with Gasteiger partial charge in [0.05, 0.1) is 23.7 Å². The molecule has 5 heterocycles. The summed E-state index contributed by atoms with van der Waals surface area (Å²) in [5, 5.41) is 54.8. The number of carbonyl (C=O) groups is 4. The van der Waals surface area contributed by atoms with Gasteiger partial charge in [-0.05, 0) is 172 Å². The molecule has 9 rings (SSSR count). The highest BCUT2D eigenvalue weighted by Gasteiger charge is 2.34. The molecule has 0 aliphatic carbocycles. The van der Waals surface area contributed by atoms with Crippen LogP contribution in [-0.2, 0) is 71.0 Å². The molecule has 16 nitrogen and oxygen atoms in total. The summed E-state index contributed by atoms with van der Waals surface area (Å²) in [5.74, 6) is -4.32. The number of hydrogen-bond acceptors (Lipinski definition) is 12. The number of nitrogens with zero attached hydrogens (tertiary/aromatic N) is 4. The van der Waals surface area contributed by atoms with Gasteiger partial charge in [0.25, 0.3) is 0 Å². The van der Waals surface area contributed by atoms with Crippen molar-refractivity contribution >= 4 is 23.9 Å². The summed E-state index contributed by atoms with van der Waals surface area (Å²) in [6.45, 7) is 15.4. The average Bonchev–Trinajstić information content (AvgIpc) is 4.32. The molecular formula is C64H88N8O8. The van der Waals surface area contributed by atoms with Crippen LogP contribution in [0.2, 0.25) is 0 Å². The monoisotopic (exact) mass is 1100 g/mol. The Kier molecular flexibility index (Phi) is 21.7. The second-order valence-electron chi connectivity index (χ2n) is 24.0. The van der Waals surface area contributed by atoms with Gasteiger partial charge in [0.2, 0.25) is 0 Å². The number of carboxylic acid groups (broad SMARTS) is 4. The highest BCUT2D eigenvalue weighted by molar-refractivity contribution is 5.72. The van der Waals surface area contributed by atoms with E-state index < -0.39 is 47.5 Å². The number of rotatable bonds is 24. The summed E-state index contributed by atoms with van der Waals surface area (Å²) in [5.41, 5.74) is 8.78. The second-order valence-corrected chi connectivity index (χ2v) is 24.0. The minimum atomic E-state index is -0.738. The molecule has 0 radical (unpaired) electrons. The lowest BCUT2D eigenvalue weighted by molar-refractivity contribution is -0.144. The van der Waals surface area contributed by atoms with Crippen LogP contribution in [0.4, 0.5) is 0 Å². The fourth-order valence-electron chi connectivity index (χ4n) is 13.6. The molecule has 5 aliphatic heterocycles. The van der Waals surface area contributed by atoms with Gasteiger partial charge in [-0.3, -0.25) is 38.8 Å². The number of carboxylic acids is 4. The molecule has 0 bridgehead atoms. The maximum Gasteiger partial charge on any atom is 0.307 e. The highest BCUT2D eigenvalue weighted by atomic mass is 16.4. The first-order valence-electron chi connectivity index (χ1n) is 29.8. The molecule has 5 saturated heterocycles. The van der Waals surface area contributed by atoms with Crippen molar-refractivity contribution in [3.63, 3.8) is 0 Å². The predicted octanol–water partition coefficient (Wildman–Crippen LogP) is 5.42. The first-order valence-corrected chi connectivity index (χ1v) is 29.8. The van der Waals surface area contributed by atoms with Gasteiger partial charge in [-0.15, -0.1) is 0 Å². The van der Waals surface area contributed by atoms with E-state index in [9.17, 15) is 39.6 Å². The lowest BCUT2D eigenvalue weighted by atomic mass is 9.86. The molecule has 0 aromatic heterocycles. The van der Waals surface area contributed by atoms with Crippen LogP contribution in [0.3, 0.4) is 0 Å². The van der Waals surface area contributed by atoms with Crippen molar-refractivity contribution in [1.82, 2.24) is 40.9 Å². The van der Waals surface area contributed by atoms with Crippen LogP contribution in [0.25, 0.3) is 0 Å². The second kappa shape index (κ2) is 29.4. The zero-order chi connectivity index (χ0) is 55.8. The van der Waals surface area contributed by atoms with Gasteiger partial charge in [0.1, 0.15) is 0 Å². The lowest BCUT2D eigenvalue weighted by Gasteiger charge is -2.35. The zero-order valence-corrected chi connectivity index (χ0v) is 46.9. The van der Waals surface area contributed by atoms with E-state index >= 15 is 0 Å². The molecule has 80 heavy (non-hydrogen) atoms. The molecule has 0 spiro atoms. The quantitative estimate of drug-likeness (QED) is 0.0441. The van der Waals surface area contributed by atoms with Crippen molar-refractivity contribution in [3.05, 3.63) is 142 Å². The lowest BCUT2D eigenvalue weighted by Crippen LogP contribution is -2.45. The number of aliphatic carboxylic acids is 4. The van der Waals surface area contributed by atoms with E-state index in [0.717, 1.165) is 175 Å². The van der Waals surface area contributed by atoms with E-state index in [1.54, 1.807) is 0 Å². The molecule has 8 unspecified atom stereocenters.